The number of halogens is 2. The first-order valence-electron chi connectivity index (χ1n) is 6.16. The van der Waals surface area contributed by atoms with Crippen LogP contribution < -0.4 is 0 Å². The summed E-state index contributed by atoms with van der Waals surface area (Å²) in [5.74, 6) is -1.75. The molecule has 2 aromatic carbocycles. The van der Waals surface area contributed by atoms with E-state index in [1.807, 2.05) is 32.0 Å². The van der Waals surface area contributed by atoms with Gasteiger partial charge in [-0.05, 0) is 42.7 Å². The highest BCUT2D eigenvalue weighted by molar-refractivity contribution is 5.33. The average molecular weight is 262 g/mol. The lowest BCUT2D eigenvalue weighted by molar-refractivity contribution is 0.177. The summed E-state index contributed by atoms with van der Waals surface area (Å²) in [6, 6.07) is 9.49. The zero-order chi connectivity index (χ0) is 14.0. The van der Waals surface area contributed by atoms with Gasteiger partial charge in [-0.3, -0.25) is 0 Å². The monoisotopic (exact) mass is 262 g/mol. The van der Waals surface area contributed by atoms with E-state index in [0.717, 1.165) is 28.8 Å². The van der Waals surface area contributed by atoms with Crippen molar-refractivity contribution in [1.29, 1.82) is 0 Å². The topological polar surface area (TPSA) is 20.2 Å². The molecule has 0 aliphatic rings. The molecule has 0 saturated carbocycles. The van der Waals surface area contributed by atoms with Crippen LogP contribution in [0.2, 0.25) is 0 Å². The van der Waals surface area contributed by atoms with Gasteiger partial charge in [-0.15, -0.1) is 0 Å². The first kappa shape index (κ1) is 13.7. The lowest BCUT2D eigenvalue weighted by Gasteiger charge is -2.14. The Hall–Kier alpha value is -1.74. The summed E-state index contributed by atoms with van der Waals surface area (Å²) < 4.78 is 25.9. The third-order valence-corrected chi connectivity index (χ3v) is 3.20. The Balaban J connectivity index is 2.20. The smallest absolute Gasteiger partial charge is 0.159 e. The van der Waals surface area contributed by atoms with Crippen molar-refractivity contribution in [2.24, 2.45) is 0 Å². The van der Waals surface area contributed by atoms with Crippen molar-refractivity contribution in [3.8, 4) is 0 Å². The van der Waals surface area contributed by atoms with Crippen LogP contribution in [-0.4, -0.2) is 5.11 Å². The largest absolute Gasteiger partial charge is 0.388 e. The highest BCUT2D eigenvalue weighted by Crippen LogP contribution is 2.23. The minimum Gasteiger partial charge on any atom is -0.388 e. The van der Waals surface area contributed by atoms with Crippen LogP contribution in [0.4, 0.5) is 8.78 Å². The number of hydrogen-bond donors (Lipinski definition) is 1. The molecule has 2 rings (SSSR count). The summed E-state index contributed by atoms with van der Waals surface area (Å²) in [5, 5.41) is 10.2. The fourth-order valence-corrected chi connectivity index (χ4v) is 2.20. The van der Waals surface area contributed by atoms with Gasteiger partial charge in [-0.1, -0.05) is 29.8 Å². The third-order valence-electron chi connectivity index (χ3n) is 3.20. The number of rotatable bonds is 3. The summed E-state index contributed by atoms with van der Waals surface area (Å²) in [6.45, 7) is 3.91. The average Bonchev–Trinajstić information content (AvgIpc) is 2.33. The molecule has 0 saturated heterocycles. The molecular weight excluding hydrogens is 246 g/mol. The molecule has 0 fully saturated rings. The molecule has 0 amide bonds. The second-order valence-electron chi connectivity index (χ2n) is 4.83. The normalized spacial score (nSPS) is 12.5. The van der Waals surface area contributed by atoms with Crippen molar-refractivity contribution in [2.75, 3.05) is 0 Å². The minimum absolute atomic E-state index is 0.265. The SMILES string of the molecule is Cc1ccc(C(O)Cc2ccc(F)c(F)c2)c(C)c1. The van der Waals surface area contributed by atoms with Crippen LogP contribution >= 0.6 is 0 Å². The zero-order valence-electron chi connectivity index (χ0n) is 11.0. The Bertz CT molecular complexity index is 593. The fourth-order valence-electron chi connectivity index (χ4n) is 2.20. The zero-order valence-corrected chi connectivity index (χ0v) is 11.0. The van der Waals surface area contributed by atoms with Crippen molar-refractivity contribution in [3.63, 3.8) is 0 Å². The van der Waals surface area contributed by atoms with Crippen LogP contribution in [0.1, 0.15) is 28.4 Å². The van der Waals surface area contributed by atoms with Crippen LogP contribution in [0.5, 0.6) is 0 Å². The maximum atomic E-state index is 13.1. The summed E-state index contributed by atoms with van der Waals surface area (Å²) in [6.07, 6.45) is -0.452. The fraction of sp³-hybridized carbons (Fsp3) is 0.250. The molecule has 0 bridgehead atoms. The van der Waals surface area contributed by atoms with Crippen LogP contribution in [0.3, 0.4) is 0 Å². The van der Waals surface area contributed by atoms with E-state index in [1.54, 1.807) is 0 Å². The Labute approximate surface area is 111 Å². The van der Waals surface area contributed by atoms with Crippen molar-refractivity contribution in [1.82, 2.24) is 0 Å². The number of benzene rings is 2. The maximum absolute atomic E-state index is 13.1. The summed E-state index contributed by atoms with van der Waals surface area (Å²) >= 11 is 0. The number of aryl methyl sites for hydroxylation is 2. The molecule has 1 nitrogen and oxygen atoms in total. The number of aliphatic hydroxyl groups excluding tert-OH is 1. The van der Waals surface area contributed by atoms with E-state index in [4.69, 9.17) is 0 Å². The highest BCUT2D eigenvalue weighted by atomic mass is 19.2. The molecule has 1 unspecified atom stereocenters. The Morgan fingerprint density at radius 3 is 2.37 bits per heavy atom. The quantitative estimate of drug-likeness (QED) is 0.890. The molecular formula is C16H16F2O. The highest BCUT2D eigenvalue weighted by Gasteiger charge is 2.12. The number of hydrogen-bond acceptors (Lipinski definition) is 1. The summed E-state index contributed by atoms with van der Waals surface area (Å²) in [7, 11) is 0. The van der Waals surface area contributed by atoms with E-state index in [1.165, 1.54) is 6.07 Å². The van der Waals surface area contributed by atoms with E-state index >= 15 is 0 Å². The molecule has 3 heteroatoms. The molecule has 0 radical (unpaired) electrons. The molecule has 1 atom stereocenters. The van der Waals surface area contributed by atoms with E-state index in [9.17, 15) is 13.9 Å². The van der Waals surface area contributed by atoms with Crippen LogP contribution in [0.25, 0.3) is 0 Å². The minimum atomic E-state index is -0.884. The van der Waals surface area contributed by atoms with Crippen molar-refractivity contribution in [2.45, 2.75) is 26.4 Å². The lowest BCUT2D eigenvalue weighted by atomic mass is 9.96. The van der Waals surface area contributed by atoms with Gasteiger partial charge in [0.25, 0.3) is 0 Å². The molecule has 2 aromatic rings. The predicted molar refractivity (Wildman–Crippen MR) is 70.9 cm³/mol. The van der Waals surface area contributed by atoms with Gasteiger partial charge in [-0.2, -0.15) is 0 Å². The standard InChI is InChI=1S/C16H16F2O/c1-10-3-5-13(11(2)7-10)16(19)9-12-4-6-14(17)15(18)8-12/h3-8,16,19H,9H2,1-2H3. The van der Waals surface area contributed by atoms with Gasteiger partial charge < -0.3 is 5.11 Å². The van der Waals surface area contributed by atoms with Gasteiger partial charge in [0.1, 0.15) is 0 Å². The molecule has 19 heavy (non-hydrogen) atoms. The molecule has 0 aliphatic carbocycles. The molecule has 0 aromatic heterocycles. The van der Waals surface area contributed by atoms with E-state index in [2.05, 4.69) is 0 Å². The van der Waals surface area contributed by atoms with Crippen molar-refractivity contribution < 1.29 is 13.9 Å². The second-order valence-corrected chi connectivity index (χ2v) is 4.83. The van der Waals surface area contributed by atoms with Gasteiger partial charge >= 0.3 is 0 Å². The molecule has 0 spiro atoms. The Morgan fingerprint density at radius 1 is 1.00 bits per heavy atom. The summed E-state index contributed by atoms with van der Waals surface area (Å²) in [4.78, 5) is 0. The van der Waals surface area contributed by atoms with Gasteiger partial charge in [0.2, 0.25) is 0 Å². The second kappa shape index (κ2) is 5.49. The van der Waals surface area contributed by atoms with Gasteiger partial charge in [0.15, 0.2) is 11.6 Å². The molecule has 1 N–H and O–H groups in total. The van der Waals surface area contributed by atoms with Gasteiger partial charge in [-0.25, -0.2) is 8.78 Å². The van der Waals surface area contributed by atoms with Crippen molar-refractivity contribution in [3.05, 3.63) is 70.3 Å². The lowest BCUT2D eigenvalue weighted by Crippen LogP contribution is -2.04. The van der Waals surface area contributed by atoms with Crippen LogP contribution in [-0.2, 0) is 6.42 Å². The number of aliphatic hydroxyl groups is 1. The van der Waals surface area contributed by atoms with Crippen LogP contribution in [0, 0.1) is 25.5 Å². The maximum Gasteiger partial charge on any atom is 0.159 e. The Kier molecular flexibility index (Phi) is 3.96. The predicted octanol–water partition coefficient (Wildman–Crippen LogP) is 3.86. The van der Waals surface area contributed by atoms with Crippen LogP contribution in [0.15, 0.2) is 36.4 Å². The molecule has 0 aliphatic heterocycles. The Morgan fingerprint density at radius 2 is 1.74 bits per heavy atom. The first-order chi connectivity index (χ1) is 8.97. The van der Waals surface area contributed by atoms with E-state index < -0.39 is 17.7 Å². The van der Waals surface area contributed by atoms with Gasteiger partial charge in [0, 0.05) is 6.42 Å². The van der Waals surface area contributed by atoms with E-state index in [-0.39, 0.29) is 6.42 Å². The molecule has 0 heterocycles. The van der Waals surface area contributed by atoms with Crippen molar-refractivity contribution >= 4 is 0 Å². The summed E-state index contributed by atoms with van der Waals surface area (Å²) in [5.41, 5.74) is 3.51. The van der Waals surface area contributed by atoms with E-state index in [0.29, 0.717) is 5.56 Å². The third kappa shape index (κ3) is 3.18. The molecule has 100 valence electrons. The van der Waals surface area contributed by atoms with Gasteiger partial charge in [0.05, 0.1) is 6.10 Å². The first-order valence-corrected chi connectivity index (χ1v) is 6.16.